The number of H-pyrrole nitrogens is 1. The van der Waals surface area contributed by atoms with Crippen molar-refractivity contribution >= 4 is 43.8 Å². The fourth-order valence-corrected chi connectivity index (χ4v) is 5.98. The monoisotopic (exact) mass is 614 g/mol. The normalized spacial score (nSPS) is 12.5. The number of rotatable bonds is 13. The molecule has 3 aromatic carbocycles. The first kappa shape index (κ1) is 31.9. The Hall–Kier alpha value is -4.07. The zero-order chi connectivity index (χ0) is 31.3. The molecule has 4 aromatic rings. The minimum absolute atomic E-state index is 0.0996. The third-order valence-electron chi connectivity index (χ3n) is 6.83. The Morgan fingerprint density at radius 3 is 2.40 bits per heavy atom. The molecular weight excluding hydrogens is 578 g/mol. The van der Waals surface area contributed by atoms with Gasteiger partial charge in [-0.2, -0.15) is 5.10 Å². The lowest BCUT2D eigenvalue weighted by Crippen LogP contribution is -2.25. The molecule has 43 heavy (non-hydrogen) atoms. The molecule has 0 saturated heterocycles. The molecule has 0 aliphatic carbocycles. The van der Waals surface area contributed by atoms with Gasteiger partial charge in [-0.3, -0.25) is 9.89 Å². The number of amides is 1. The highest BCUT2D eigenvalue weighted by atomic mass is 32.2. The van der Waals surface area contributed by atoms with E-state index in [0.717, 1.165) is 37.3 Å². The minimum atomic E-state index is -4.26. The van der Waals surface area contributed by atoms with Gasteiger partial charge in [0.2, 0.25) is 9.84 Å². The summed E-state index contributed by atoms with van der Waals surface area (Å²) in [5.74, 6) is -2.39. The summed E-state index contributed by atoms with van der Waals surface area (Å²) in [6.07, 6.45) is 0.965. The maximum absolute atomic E-state index is 13.8. The van der Waals surface area contributed by atoms with Crippen LogP contribution in [0.25, 0.3) is 10.9 Å². The highest BCUT2D eigenvalue weighted by Gasteiger charge is 2.23. The molecule has 0 fully saturated rings. The molecule has 13 heteroatoms. The lowest BCUT2D eigenvalue weighted by atomic mass is 10.1. The maximum Gasteiger partial charge on any atom is 0.258 e. The molecule has 0 aliphatic heterocycles. The van der Waals surface area contributed by atoms with Gasteiger partial charge in [0.1, 0.15) is 11.6 Å². The zero-order valence-corrected chi connectivity index (χ0v) is 25.6. The first-order chi connectivity index (χ1) is 20.4. The Balaban J connectivity index is 1.64. The highest BCUT2D eigenvalue weighted by Crippen LogP contribution is 2.30. The maximum atomic E-state index is 13.8. The molecule has 1 atom stereocenters. The van der Waals surface area contributed by atoms with E-state index in [4.69, 9.17) is 4.74 Å². The highest BCUT2D eigenvalue weighted by molar-refractivity contribution is 7.91. The van der Waals surface area contributed by atoms with Crippen LogP contribution in [0.3, 0.4) is 0 Å². The fourth-order valence-electron chi connectivity index (χ4n) is 4.65. The van der Waals surface area contributed by atoms with Gasteiger partial charge in [0, 0.05) is 49.6 Å². The van der Waals surface area contributed by atoms with E-state index in [-0.39, 0.29) is 16.8 Å². The van der Waals surface area contributed by atoms with Crippen LogP contribution < -0.4 is 15.5 Å². The average molecular weight is 615 g/mol. The Morgan fingerprint density at radius 2 is 1.72 bits per heavy atom. The second kappa shape index (κ2) is 13.5. The number of hydrogen-bond donors (Lipinski definition) is 3. The van der Waals surface area contributed by atoms with Crippen molar-refractivity contribution in [3.05, 3.63) is 71.8 Å². The number of hydrogen-bond acceptors (Lipinski definition) is 8. The van der Waals surface area contributed by atoms with Crippen molar-refractivity contribution in [2.45, 2.75) is 29.2 Å². The molecular formula is C30H36F2N6O4S. The predicted octanol–water partition coefficient (Wildman–Crippen LogP) is 4.76. The topological polar surface area (TPSA) is 120 Å². The van der Waals surface area contributed by atoms with Crippen molar-refractivity contribution in [1.82, 2.24) is 15.1 Å². The van der Waals surface area contributed by atoms with Gasteiger partial charge in [0.15, 0.2) is 5.82 Å². The van der Waals surface area contributed by atoms with E-state index in [1.54, 1.807) is 13.2 Å². The number of sulfone groups is 1. The first-order valence-electron chi connectivity index (χ1n) is 13.6. The Morgan fingerprint density at radius 1 is 1.00 bits per heavy atom. The standard InChI is InChI=1S/C30H36F2N6O4S/c1-19(18-42-5)33-28-16-22(38(4)12-6-11-37(2)3)7-9-25(28)30(39)34-29-26-17-23(8-10-27(26)35-36-29)43(40,41)24-14-20(31)13-21(32)15-24/h7-10,13-17,19,33H,6,11-12,18H2,1-5H3,(H2,34,35,36,39)/t19-/m1/s1. The van der Waals surface area contributed by atoms with E-state index >= 15 is 0 Å². The minimum Gasteiger partial charge on any atom is -0.383 e. The molecule has 10 nitrogen and oxygen atoms in total. The predicted molar refractivity (Wildman–Crippen MR) is 164 cm³/mol. The Bertz CT molecular complexity index is 1690. The Labute approximate surface area is 249 Å². The van der Waals surface area contributed by atoms with E-state index in [2.05, 4.69) is 30.6 Å². The number of nitrogens with one attached hydrogen (secondary N) is 3. The van der Waals surface area contributed by atoms with Crippen molar-refractivity contribution in [2.24, 2.45) is 0 Å². The number of methoxy groups -OCH3 is 1. The van der Waals surface area contributed by atoms with Gasteiger partial charge in [0.25, 0.3) is 5.91 Å². The molecule has 1 amide bonds. The number of anilines is 3. The fraction of sp³-hybridized carbons (Fsp3) is 0.333. The second-order valence-corrected chi connectivity index (χ2v) is 12.6. The summed E-state index contributed by atoms with van der Waals surface area (Å²) in [5, 5.41) is 13.4. The molecule has 0 saturated carbocycles. The third kappa shape index (κ3) is 7.66. The number of carbonyl (C=O) groups excluding carboxylic acids is 1. The van der Waals surface area contributed by atoms with Crippen LogP contribution in [0.5, 0.6) is 0 Å². The van der Waals surface area contributed by atoms with Crippen molar-refractivity contribution in [2.75, 3.05) is 63.5 Å². The smallest absolute Gasteiger partial charge is 0.258 e. The molecule has 1 aromatic heterocycles. The SMILES string of the molecule is COC[C@@H](C)Nc1cc(N(C)CCCN(C)C)ccc1C(=O)Nc1n[nH]c2ccc(S(=O)(=O)c3cc(F)cc(F)c3)cc12. The lowest BCUT2D eigenvalue weighted by Gasteiger charge is -2.23. The number of benzene rings is 3. The second-order valence-electron chi connectivity index (χ2n) is 10.7. The third-order valence-corrected chi connectivity index (χ3v) is 8.56. The van der Waals surface area contributed by atoms with E-state index in [0.29, 0.717) is 34.8 Å². The summed E-state index contributed by atoms with van der Waals surface area (Å²) in [6.45, 7) is 4.12. The molecule has 0 radical (unpaired) electrons. The quantitative estimate of drug-likeness (QED) is 0.197. The molecule has 0 spiro atoms. The average Bonchev–Trinajstić information content (AvgIpc) is 3.34. The summed E-state index contributed by atoms with van der Waals surface area (Å²) >= 11 is 0. The van der Waals surface area contributed by atoms with Crippen LogP contribution >= 0.6 is 0 Å². The summed E-state index contributed by atoms with van der Waals surface area (Å²) < 4.78 is 59.1. The van der Waals surface area contributed by atoms with Crippen molar-refractivity contribution in [1.29, 1.82) is 0 Å². The van der Waals surface area contributed by atoms with Crippen molar-refractivity contribution in [3.8, 4) is 0 Å². The van der Waals surface area contributed by atoms with Gasteiger partial charge in [-0.25, -0.2) is 17.2 Å². The van der Waals surface area contributed by atoms with E-state index in [9.17, 15) is 22.0 Å². The molecule has 0 bridgehead atoms. The molecule has 4 rings (SSSR count). The number of ether oxygens (including phenoxy) is 1. The Kier molecular flexibility index (Phi) is 9.99. The van der Waals surface area contributed by atoms with Gasteiger partial charge in [0.05, 0.1) is 27.5 Å². The van der Waals surface area contributed by atoms with Crippen LogP contribution in [0, 0.1) is 11.6 Å². The van der Waals surface area contributed by atoms with Crippen molar-refractivity contribution in [3.63, 3.8) is 0 Å². The van der Waals surface area contributed by atoms with E-state index in [1.807, 2.05) is 40.2 Å². The number of nitrogens with zero attached hydrogens (tertiary/aromatic N) is 3. The number of carbonyl (C=O) groups is 1. The molecule has 0 unspecified atom stereocenters. The van der Waals surface area contributed by atoms with Crippen LogP contribution in [0.15, 0.2) is 64.4 Å². The zero-order valence-electron chi connectivity index (χ0n) is 24.7. The van der Waals surface area contributed by atoms with Crippen LogP contribution in [0.4, 0.5) is 26.0 Å². The van der Waals surface area contributed by atoms with Crippen LogP contribution in [0.1, 0.15) is 23.7 Å². The van der Waals surface area contributed by atoms with Crippen molar-refractivity contribution < 1.29 is 26.7 Å². The molecule has 230 valence electrons. The summed E-state index contributed by atoms with van der Waals surface area (Å²) in [7, 11) is 3.38. The van der Waals surface area contributed by atoms with Crippen LogP contribution in [-0.4, -0.2) is 83.4 Å². The van der Waals surface area contributed by atoms with Gasteiger partial charge < -0.3 is 25.2 Å². The van der Waals surface area contributed by atoms with Gasteiger partial charge in [-0.15, -0.1) is 0 Å². The number of aromatic nitrogens is 2. The molecule has 3 N–H and O–H groups in total. The molecule has 0 aliphatic rings. The lowest BCUT2D eigenvalue weighted by molar-refractivity contribution is 0.102. The van der Waals surface area contributed by atoms with Gasteiger partial charge >= 0.3 is 0 Å². The van der Waals surface area contributed by atoms with Crippen LogP contribution in [0.2, 0.25) is 0 Å². The summed E-state index contributed by atoms with van der Waals surface area (Å²) in [6, 6.07) is 11.6. The summed E-state index contributed by atoms with van der Waals surface area (Å²) in [4.78, 5) is 17.1. The van der Waals surface area contributed by atoms with Crippen LogP contribution in [-0.2, 0) is 14.6 Å². The first-order valence-corrected chi connectivity index (χ1v) is 15.1. The number of halogens is 2. The summed E-state index contributed by atoms with van der Waals surface area (Å²) in [5.41, 5.74) is 2.33. The largest absolute Gasteiger partial charge is 0.383 e. The number of fused-ring (bicyclic) bond motifs is 1. The number of aromatic amines is 1. The van der Waals surface area contributed by atoms with Gasteiger partial charge in [-0.05, 0) is 82.5 Å². The van der Waals surface area contributed by atoms with E-state index in [1.165, 1.54) is 18.2 Å². The van der Waals surface area contributed by atoms with E-state index < -0.39 is 32.3 Å². The molecule has 1 heterocycles. The van der Waals surface area contributed by atoms with Gasteiger partial charge in [-0.1, -0.05) is 0 Å².